The molecule has 86 valence electrons. The van der Waals surface area contributed by atoms with Gasteiger partial charge in [0.05, 0.1) is 0 Å². The highest BCUT2D eigenvalue weighted by Gasteiger charge is 2.21. The van der Waals surface area contributed by atoms with E-state index in [4.69, 9.17) is 0 Å². The summed E-state index contributed by atoms with van der Waals surface area (Å²) < 4.78 is 0. The molecule has 2 nitrogen and oxygen atoms in total. The second kappa shape index (κ2) is 4.28. The maximum atomic E-state index is 11.1. The number of rotatable bonds is 3. The number of nitrogens with zero attached hydrogens (tertiary/aromatic N) is 1. The zero-order chi connectivity index (χ0) is 11.7. The lowest BCUT2D eigenvalue weighted by Crippen LogP contribution is -2.28. The molecule has 0 unspecified atom stereocenters. The highest BCUT2D eigenvalue weighted by Crippen LogP contribution is 2.30. The van der Waals surface area contributed by atoms with Crippen LogP contribution in [-0.4, -0.2) is 18.4 Å². The van der Waals surface area contributed by atoms with E-state index in [1.165, 1.54) is 11.3 Å². The zero-order valence-corrected chi connectivity index (χ0v) is 10.3. The summed E-state index contributed by atoms with van der Waals surface area (Å²) in [6.07, 6.45) is 1.67. The molecule has 0 amide bonds. The van der Waals surface area contributed by atoms with E-state index < -0.39 is 0 Å². The van der Waals surface area contributed by atoms with Crippen LogP contribution >= 0.6 is 0 Å². The topological polar surface area (TPSA) is 20.3 Å². The summed E-state index contributed by atoms with van der Waals surface area (Å²) in [7, 11) is 0. The molecule has 0 N–H and O–H groups in total. The van der Waals surface area contributed by atoms with Crippen LogP contribution in [-0.2, 0) is 17.6 Å². The van der Waals surface area contributed by atoms with Crippen molar-refractivity contribution in [3.05, 3.63) is 29.3 Å². The van der Waals surface area contributed by atoms with Crippen molar-refractivity contribution < 1.29 is 4.79 Å². The molecular formula is C14H19NO. The molecule has 0 atom stereocenters. The molecule has 0 spiro atoms. The van der Waals surface area contributed by atoms with Crippen LogP contribution in [0.5, 0.6) is 0 Å². The van der Waals surface area contributed by atoms with E-state index in [2.05, 4.69) is 36.9 Å². The first-order valence-corrected chi connectivity index (χ1v) is 5.96. The predicted molar refractivity (Wildman–Crippen MR) is 67.0 cm³/mol. The Morgan fingerprint density at radius 3 is 2.81 bits per heavy atom. The van der Waals surface area contributed by atoms with Crippen LogP contribution in [0.4, 0.5) is 5.69 Å². The molecule has 1 heterocycles. The van der Waals surface area contributed by atoms with Crippen LogP contribution in [0.25, 0.3) is 0 Å². The third-order valence-corrected chi connectivity index (χ3v) is 3.15. The first kappa shape index (κ1) is 11.2. The smallest absolute Gasteiger partial charge is 0.134 e. The van der Waals surface area contributed by atoms with Crippen molar-refractivity contribution in [2.45, 2.75) is 39.7 Å². The number of carbonyl (C=O) groups is 1. The normalized spacial score (nSPS) is 14.4. The van der Waals surface area contributed by atoms with E-state index in [-0.39, 0.29) is 5.78 Å². The molecule has 0 radical (unpaired) electrons. The lowest BCUT2D eigenvalue weighted by atomic mass is 10.0. The van der Waals surface area contributed by atoms with Gasteiger partial charge in [-0.3, -0.25) is 4.79 Å². The summed E-state index contributed by atoms with van der Waals surface area (Å²) in [6.45, 7) is 7.20. The molecule has 2 heteroatoms. The predicted octanol–water partition coefficient (Wildman–Crippen LogP) is 2.59. The van der Waals surface area contributed by atoms with Crippen LogP contribution < -0.4 is 4.90 Å². The van der Waals surface area contributed by atoms with E-state index in [0.717, 1.165) is 18.5 Å². The van der Waals surface area contributed by atoms with Gasteiger partial charge in [0.15, 0.2) is 0 Å². The summed E-state index contributed by atoms with van der Waals surface area (Å²) in [5, 5.41) is 0. The summed E-state index contributed by atoms with van der Waals surface area (Å²) in [5.41, 5.74) is 3.90. The van der Waals surface area contributed by atoms with Gasteiger partial charge in [-0.05, 0) is 44.4 Å². The van der Waals surface area contributed by atoms with Crippen LogP contribution in [0, 0.1) is 0 Å². The summed E-state index contributed by atoms with van der Waals surface area (Å²) in [4.78, 5) is 13.5. The number of carbonyl (C=O) groups excluding carboxylic acids is 1. The average molecular weight is 217 g/mol. The number of anilines is 1. The summed E-state index contributed by atoms with van der Waals surface area (Å²) in [6, 6.07) is 7.00. The molecule has 1 aromatic rings. The van der Waals surface area contributed by atoms with Crippen LogP contribution in [0.2, 0.25) is 0 Å². The second-order valence-electron chi connectivity index (χ2n) is 4.88. The highest BCUT2D eigenvalue weighted by molar-refractivity contribution is 5.78. The van der Waals surface area contributed by atoms with Crippen LogP contribution in [0.1, 0.15) is 31.9 Å². The Labute approximate surface area is 97.3 Å². The van der Waals surface area contributed by atoms with Gasteiger partial charge in [-0.2, -0.15) is 0 Å². The molecular weight excluding hydrogens is 198 g/mol. The number of Topliss-reactive ketones (excluding diaryl/α,β-unsaturated/α-hetero) is 1. The molecule has 0 fully saturated rings. The Morgan fingerprint density at radius 1 is 1.44 bits per heavy atom. The maximum Gasteiger partial charge on any atom is 0.134 e. The van der Waals surface area contributed by atoms with Crippen LogP contribution in [0.15, 0.2) is 18.2 Å². The van der Waals surface area contributed by atoms with Gasteiger partial charge in [0.25, 0.3) is 0 Å². The van der Waals surface area contributed by atoms with Gasteiger partial charge in [0.2, 0.25) is 0 Å². The van der Waals surface area contributed by atoms with Crippen molar-refractivity contribution >= 4 is 11.5 Å². The molecule has 16 heavy (non-hydrogen) atoms. The average Bonchev–Trinajstić information content (AvgIpc) is 2.59. The minimum Gasteiger partial charge on any atom is -0.369 e. The van der Waals surface area contributed by atoms with E-state index in [1.54, 1.807) is 6.92 Å². The Bertz CT molecular complexity index is 409. The van der Waals surface area contributed by atoms with Gasteiger partial charge < -0.3 is 4.90 Å². The van der Waals surface area contributed by atoms with Crippen LogP contribution in [0.3, 0.4) is 0 Å². The van der Waals surface area contributed by atoms with Gasteiger partial charge in [0, 0.05) is 24.7 Å². The minimum atomic E-state index is 0.235. The van der Waals surface area contributed by atoms with Crippen molar-refractivity contribution in [2.75, 3.05) is 11.4 Å². The van der Waals surface area contributed by atoms with Gasteiger partial charge in [-0.25, -0.2) is 0 Å². The number of hydrogen-bond acceptors (Lipinski definition) is 2. The van der Waals surface area contributed by atoms with Crippen molar-refractivity contribution in [3.8, 4) is 0 Å². The highest BCUT2D eigenvalue weighted by atomic mass is 16.1. The van der Waals surface area contributed by atoms with Crippen molar-refractivity contribution in [3.63, 3.8) is 0 Å². The summed E-state index contributed by atoms with van der Waals surface area (Å²) in [5.74, 6) is 0.235. The van der Waals surface area contributed by atoms with Gasteiger partial charge >= 0.3 is 0 Å². The molecule has 0 aromatic heterocycles. The van der Waals surface area contributed by atoms with Crippen molar-refractivity contribution in [1.82, 2.24) is 0 Å². The fourth-order valence-corrected chi connectivity index (χ4v) is 2.41. The standard InChI is InChI=1S/C14H19NO/c1-10(2)15-7-6-13-9-12(8-11(3)16)4-5-14(13)15/h4-5,9-10H,6-8H2,1-3H3. The van der Waals surface area contributed by atoms with Gasteiger partial charge in [0.1, 0.15) is 5.78 Å². The number of benzene rings is 1. The largest absolute Gasteiger partial charge is 0.369 e. The third-order valence-electron chi connectivity index (χ3n) is 3.15. The molecule has 0 bridgehead atoms. The molecule has 1 aromatic carbocycles. The lowest BCUT2D eigenvalue weighted by molar-refractivity contribution is -0.116. The molecule has 0 saturated heterocycles. The second-order valence-corrected chi connectivity index (χ2v) is 4.88. The molecule has 0 saturated carbocycles. The Hall–Kier alpha value is -1.31. The van der Waals surface area contributed by atoms with Gasteiger partial charge in [-0.15, -0.1) is 0 Å². The monoisotopic (exact) mass is 217 g/mol. The van der Waals surface area contributed by atoms with E-state index in [0.29, 0.717) is 12.5 Å². The number of hydrogen-bond donors (Lipinski definition) is 0. The molecule has 2 rings (SSSR count). The fraction of sp³-hybridized carbons (Fsp3) is 0.500. The first-order valence-electron chi connectivity index (χ1n) is 5.96. The molecule has 0 aliphatic carbocycles. The fourth-order valence-electron chi connectivity index (χ4n) is 2.41. The lowest BCUT2D eigenvalue weighted by Gasteiger charge is -2.24. The summed E-state index contributed by atoms with van der Waals surface area (Å²) >= 11 is 0. The SMILES string of the molecule is CC(=O)Cc1ccc2c(c1)CCN2C(C)C. The van der Waals surface area contributed by atoms with Gasteiger partial charge in [-0.1, -0.05) is 12.1 Å². The van der Waals surface area contributed by atoms with Crippen molar-refractivity contribution in [2.24, 2.45) is 0 Å². The third kappa shape index (κ3) is 2.11. The Morgan fingerprint density at radius 2 is 2.19 bits per heavy atom. The van der Waals surface area contributed by atoms with Crippen molar-refractivity contribution in [1.29, 1.82) is 0 Å². The van der Waals surface area contributed by atoms with E-state index >= 15 is 0 Å². The first-order chi connectivity index (χ1) is 7.58. The molecule has 1 aliphatic rings. The minimum absolute atomic E-state index is 0.235. The Balaban J connectivity index is 2.25. The molecule has 1 aliphatic heterocycles. The van der Waals surface area contributed by atoms with E-state index in [1.807, 2.05) is 0 Å². The van der Waals surface area contributed by atoms with E-state index in [9.17, 15) is 4.79 Å². The quantitative estimate of drug-likeness (QED) is 0.775. The maximum absolute atomic E-state index is 11.1. The number of fused-ring (bicyclic) bond motifs is 1. The number of ketones is 1. The zero-order valence-electron chi connectivity index (χ0n) is 10.3. The Kier molecular flexibility index (Phi) is 2.99.